The van der Waals surface area contributed by atoms with Gasteiger partial charge >= 0.3 is 0 Å². The number of aryl methyl sites for hydroxylation is 1. The van der Waals surface area contributed by atoms with Crippen molar-refractivity contribution in [1.82, 2.24) is 9.78 Å². The van der Waals surface area contributed by atoms with Crippen LogP contribution in [-0.2, 0) is 9.84 Å². The van der Waals surface area contributed by atoms with Crippen LogP contribution in [0.5, 0.6) is 0 Å². The molecule has 4 nitrogen and oxygen atoms in total. The monoisotopic (exact) mass is 248 g/mol. The number of rotatable bonds is 1. The molecule has 2 rings (SSSR count). The number of aromatic nitrogens is 2. The standard InChI is InChI=1S/C9H13ClN2O2S/c1-6-9(10)7(2)12(11-6)8-3-4-15(13,14)5-8/h8H,3-5H2,1-2H3. The second-order valence-electron chi connectivity index (χ2n) is 3.99. The van der Waals surface area contributed by atoms with Crippen LogP contribution < -0.4 is 0 Å². The minimum atomic E-state index is -2.87. The third-order valence-electron chi connectivity index (χ3n) is 2.79. The zero-order chi connectivity index (χ0) is 11.2. The molecule has 1 unspecified atom stereocenters. The van der Waals surface area contributed by atoms with Crippen molar-refractivity contribution in [2.75, 3.05) is 11.5 Å². The Morgan fingerprint density at radius 1 is 1.47 bits per heavy atom. The average Bonchev–Trinajstić information content (AvgIpc) is 2.62. The van der Waals surface area contributed by atoms with Gasteiger partial charge in [0.25, 0.3) is 0 Å². The second-order valence-corrected chi connectivity index (χ2v) is 6.59. The molecule has 1 atom stereocenters. The van der Waals surface area contributed by atoms with Crippen molar-refractivity contribution >= 4 is 21.4 Å². The molecule has 6 heteroatoms. The average molecular weight is 249 g/mol. The molecule has 84 valence electrons. The summed E-state index contributed by atoms with van der Waals surface area (Å²) in [6.45, 7) is 3.70. The Kier molecular flexibility index (Phi) is 2.55. The van der Waals surface area contributed by atoms with Crippen molar-refractivity contribution in [3.63, 3.8) is 0 Å². The topological polar surface area (TPSA) is 52.0 Å². The van der Waals surface area contributed by atoms with Crippen LogP contribution >= 0.6 is 11.6 Å². The van der Waals surface area contributed by atoms with Gasteiger partial charge in [0.15, 0.2) is 9.84 Å². The van der Waals surface area contributed by atoms with Crippen molar-refractivity contribution in [3.8, 4) is 0 Å². The minimum Gasteiger partial charge on any atom is -0.264 e. The Morgan fingerprint density at radius 3 is 2.53 bits per heavy atom. The maximum atomic E-state index is 11.3. The molecule has 0 N–H and O–H groups in total. The van der Waals surface area contributed by atoms with E-state index in [1.54, 1.807) is 4.68 Å². The van der Waals surface area contributed by atoms with E-state index in [1.165, 1.54) is 0 Å². The van der Waals surface area contributed by atoms with Gasteiger partial charge in [-0.2, -0.15) is 5.10 Å². The summed E-state index contributed by atoms with van der Waals surface area (Å²) in [6, 6.07) is -0.0406. The molecule has 0 bridgehead atoms. The summed E-state index contributed by atoms with van der Waals surface area (Å²) in [4.78, 5) is 0. The minimum absolute atomic E-state index is 0.0406. The highest BCUT2D eigenvalue weighted by atomic mass is 35.5. The van der Waals surface area contributed by atoms with E-state index >= 15 is 0 Å². The molecule has 1 saturated heterocycles. The lowest BCUT2D eigenvalue weighted by molar-refractivity contribution is 0.486. The van der Waals surface area contributed by atoms with E-state index in [4.69, 9.17) is 11.6 Å². The summed E-state index contributed by atoms with van der Waals surface area (Å²) < 4.78 is 24.4. The van der Waals surface area contributed by atoms with E-state index in [0.717, 1.165) is 11.4 Å². The highest BCUT2D eigenvalue weighted by molar-refractivity contribution is 7.91. The van der Waals surface area contributed by atoms with Crippen LogP contribution in [0, 0.1) is 13.8 Å². The largest absolute Gasteiger partial charge is 0.264 e. The van der Waals surface area contributed by atoms with Gasteiger partial charge < -0.3 is 0 Å². The lowest BCUT2D eigenvalue weighted by Gasteiger charge is -2.10. The molecule has 0 aromatic carbocycles. The first-order valence-electron chi connectivity index (χ1n) is 4.82. The van der Waals surface area contributed by atoms with Gasteiger partial charge in [-0.15, -0.1) is 0 Å². The summed E-state index contributed by atoms with van der Waals surface area (Å²) in [6.07, 6.45) is 0.640. The quantitative estimate of drug-likeness (QED) is 0.757. The fourth-order valence-corrected chi connectivity index (χ4v) is 3.78. The molecule has 0 saturated carbocycles. The number of nitrogens with zero attached hydrogens (tertiary/aromatic N) is 2. The summed E-state index contributed by atoms with van der Waals surface area (Å²) in [7, 11) is -2.87. The van der Waals surface area contributed by atoms with E-state index in [1.807, 2.05) is 13.8 Å². The maximum Gasteiger partial charge on any atom is 0.152 e. The van der Waals surface area contributed by atoms with Gasteiger partial charge in [0.2, 0.25) is 0 Å². The van der Waals surface area contributed by atoms with Crippen LogP contribution in [0.2, 0.25) is 5.02 Å². The summed E-state index contributed by atoms with van der Waals surface area (Å²) in [5, 5.41) is 4.92. The predicted molar refractivity (Wildman–Crippen MR) is 59.0 cm³/mol. The molecular weight excluding hydrogens is 236 g/mol. The van der Waals surface area contributed by atoms with E-state index in [-0.39, 0.29) is 17.5 Å². The lowest BCUT2D eigenvalue weighted by atomic mass is 10.2. The van der Waals surface area contributed by atoms with Crippen molar-refractivity contribution in [3.05, 3.63) is 16.4 Å². The highest BCUT2D eigenvalue weighted by Crippen LogP contribution is 2.28. The van der Waals surface area contributed by atoms with Gasteiger partial charge in [0.1, 0.15) is 0 Å². The molecule has 0 spiro atoms. The molecule has 0 radical (unpaired) electrons. The molecule has 15 heavy (non-hydrogen) atoms. The van der Waals surface area contributed by atoms with E-state index in [0.29, 0.717) is 11.4 Å². The molecule has 1 aliphatic heterocycles. The van der Waals surface area contributed by atoms with Gasteiger partial charge in [-0.25, -0.2) is 8.42 Å². The zero-order valence-corrected chi connectivity index (χ0v) is 10.3. The molecule has 0 amide bonds. The number of hydrogen-bond acceptors (Lipinski definition) is 3. The predicted octanol–water partition coefficient (Wildman–Crippen LogP) is 1.51. The summed E-state index contributed by atoms with van der Waals surface area (Å²) in [5.41, 5.74) is 1.62. The molecule has 1 aromatic heterocycles. The van der Waals surface area contributed by atoms with E-state index < -0.39 is 9.84 Å². The maximum absolute atomic E-state index is 11.3. The van der Waals surface area contributed by atoms with E-state index in [2.05, 4.69) is 5.10 Å². The molecular formula is C9H13ClN2O2S. The Bertz CT molecular complexity index is 492. The smallest absolute Gasteiger partial charge is 0.152 e. The van der Waals surface area contributed by atoms with Crippen LogP contribution in [0.25, 0.3) is 0 Å². The lowest BCUT2D eigenvalue weighted by Crippen LogP contribution is -2.13. The van der Waals surface area contributed by atoms with Crippen LogP contribution in [0.1, 0.15) is 23.9 Å². The molecule has 0 aliphatic carbocycles. The van der Waals surface area contributed by atoms with Crippen LogP contribution in [0.3, 0.4) is 0 Å². The number of sulfone groups is 1. The van der Waals surface area contributed by atoms with Crippen LogP contribution in [0.15, 0.2) is 0 Å². The Morgan fingerprint density at radius 2 is 2.13 bits per heavy atom. The van der Waals surface area contributed by atoms with Crippen molar-refractivity contribution in [2.45, 2.75) is 26.3 Å². The summed E-state index contributed by atoms with van der Waals surface area (Å²) in [5.74, 6) is 0.443. The molecule has 1 aliphatic rings. The zero-order valence-electron chi connectivity index (χ0n) is 8.70. The van der Waals surface area contributed by atoms with Gasteiger partial charge in [0, 0.05) is 0 Å². The van der Waals surface area contributed by atoms with Crippen LogP contribution in [0.4, 0.5) is 0 Å². The van der Waals surface area contributed by atoms with Gasteiger partial charge in [-0.1, -0.05) is 11.6 Å². The molecule has 1 fully saturated rings. The fourth-order valence-electron chi connectivity index (χ4n) is 1.97. The van der Waals surface area contributed by atoms with E-state index in [9.17, 15) is 8.42 Å². The SMILES string of the molecule is Cc1nn(C2CCS(=O)(=O)C2)c(C)c1Cl. The molecule has 2 heterocycles. The number of hydrogen-bond donors (Lipinski definition) is 0. The fraction of sp³-hybridized carbons (Fsp3) is 0.667. The first kappa shape index (κ1) is 11.0. The van der Waals surface area contributed by atoms with Crippen molar-refractivity contribution < 1.29 is 8.42 Å². The Balaban J connectivity index is 2.36. The van der Waals surface area contributed by atoms with Crippen molar-refractivity contribution in [2.24, 2.45) is 0 Å². The summed E-state index contributed by atoms with van der Waals surface area (Å²) >= 11 is 6.02. The first-order chi connectivity index (χ1) is 6.91. The normalized spacial score (nSPS) is 24.6. The molecule has 1 aromatic rings. The number of halogens is 1. The van der Waals surface area contributed by atoms with Gasteiger partial charge in [-0.3, -0.25) is 4.68 Å². The van der Waals surface area contributed by atoms with Crippen LogP contribution in [-0.4, -0.2) is 29.7 Å². The van der Waals surface area contributed by atoms with Gasteiger partial charge in [-0.05, 0) is 20.3 Å². The van der Waals surface area contributed by atoms with Crippen molar-refractivity contribution in [1.29, 1.82) is 0 Å². The third-order valence-corrected chi connectivity index (χ3v) is 5.09. The Hall–Kier alpha value is -0.550. The first-order valence-corrected chi connectivity index (χ1v) is 7.02. The second kappa shape index (κ2) is 3.49. The Labute approximate surface area is 94.2 Å². The third kappa shape index (κ3) is 1.90. The van der Waals surface area contributed by atoms with Gasteiger partial charge in [0.05, 0.1) is 34.0 Å². The highest BCUT2D eigenvalue weighted by Gasteiger charge is 2.31.